The predicted octanol–water partition coefficient (Wildman–Crippen LogP) is 2.80. The molecule has 0 radical (unpaired) electrons. The maximum Gasteiger partial charge on any atom is 0.237 e. The van der Waals surface area contributed by atoms with E-state index in [1.807, 2.05) is 6.07 Å². The molecule has 2 aromatic rings. The van der Waals surface area contributed by atoms with Gasteiger partial charge >= 0.3 is 0 Å². The van der Waals surface area contributed by atoms with Gasteiger partial charge in [0.2, 0.25) is 11.8 Å². The third-order valence-electron chi connectivity index (χ3n) is 3.68. The van der Waals surface area contributed by atoms with Crippen LogP contribution < -0.4 is 15.4 Å². The highest BCUT2D eigenvalue weighted by atomic mass is 35.5. The molecule has 24 heavy (non-hydrogen) atoms. The molecule has 1 saturated heterocycles. The zero-order valence-corrected chi connectivity index (χ0v) is 13.8. The zero-order valence-electron chi connectivity index (χ0n) is 13.0. The topological polar surface area (TPSA) is 63.2 Å². The molecule has 5 nitrogen and oxygen atoms in total. The van der Waals surface area contributed by atoms with E-state index in [1.165, 1.54) is 12.1 Å². The van der Waals surface area contributed by atoms with Gasteiger partial charge in [-0.25, -0.2) is 9.37 Å². The van der Waals surface area contributed by atoms with Crippen LogP contribution in [0, 0.1) is 5.82 Å². The lowest BCUT2D eigenvalue weighted by atomic mass is 10.2. The Balaban J connectivity index is 0.00000208. The molecule has 0 saturated carbocycles. The number of hydrogen-bond donors (Lipinski definition) is 2. The van der Waals surface area contributed by atoms with E-state index in [0.29, 0.717) is 18.2 Å². The fraction of sp³-hybridized carbons (Fsp3) is 0.294. The second-order valence-corrected chi connectivity index (χ2v) is 5.43. The normalized spacial score (nSPS) is 16.3. The van der Waals surface area contributed by atoms with E-state index in [2.05, 4.69) is 15.6 Å². The molecular weight excluding hydrogens is 333 g/mol. The summed E-state index contributed by atoms with van der Waals surface area (Å²) in [5.74, 6) is 0.652. The van der Waals surface area contributed by atoms with E-state index in [-0.39, 0.29) is 30.2 Å². The molecule has 1 amide bonds. The maximum atomic E-state index is 12.8. The third-order valence-corrected chi connectivity index (χ3v) is 3.68. The van der Waals surface area contributed by atoms with Crippen molar-refractivity contribution >= 4 is 18.3 Å². The number of rotatable bonds is 5. The standard InChI is InChI=1S/C17H18FN3O2.ClH/c18-13-4-6-14(7-5-13)23-16-8-3-12(10-20-16)11-21-17(22)15-2-1-9-19-15;/h3-8,10,15,19H,1-2,9,11H2,(H,21,22);1H. The van der Waals surface area contributed by atoms with E-state index in [4.69, 9.17) is 4.74 Å². The fourth-order valence-corrected chi connectivity index (χ4v) is 2.42. The van der Waals surface area contributed by atoms with Gasteiger partial charge in [0.25, 0.3) is 0 Å². The summed E-state index contributed by atoms with van der Waals surface area (Å²) in [7, 11) is 0. The Kier molecular flexibility index (Phi) is 6.52. The number of carbonyl (C=O) groups excluding carboxylic acids is 1. The minimum absolute atomic E-state index is 0. The summed E-state index contributed by atoms with van der Waals surface area (Å²) in [6.45, 7) is 1.33. The lowest BCUT2D eigenvalue weighted by Crippen LogP contribution is -2.40. The minimum Gasteiger partial charge on any atom is -0.439 e. The van der Waals surface area contributed by atoms with Crippen LogP contribution in [-0.2, 0) is 11.3 Å². The summed E-state index contributed by atoms with van der Waals surface area (Å²) in [6.07, 6.45) is 3.57. The smallest absolute Gasteiger partial charge is 0.237 e. The number of carbonyl (C=O) groups is 1. The Labute approximate surface area is 146 Å². The summed E-state index contributed by atoms with van der Waals surface area (Å²) >= 11 is 0. The average Bonchev–Trinajstić information content (AvgIpc) is 3.11. The van der Waals surface area contributed by atoms with Crippen molar-refractivity contribution in [2.24, 2.45) is 0 Å². The monoisotopic (exact) mass is 351 g/mol. The number of ether oxygens (including phenoxy) is 1. The van der Waals surface area contributed by atoms with Crippen molar-refractivity contribution in [2.45, 2.75) is 25.4 Å². The highest BCUT2D eigenvalue weighted by Gasteiger charge is 2.21. The van der Waals surface area contributed by atoms with E-state index >= 15 is 0 Å². The molecule has 3 rings (SSSR count). The van der Waals surface area contributed by atoms with Crippen LogP contribution in [0.15, 0.2) is 42.6 Å². The Morgan fingerprint density at radius 3 is 2.71 bits per heavy atom. The Morgan fingerprint density at radius 1 is 1.29 bits per heavy atom. The second-order valence-electron chi connectivity index (χ2n) is 5.43. The Morgan fingerprint density at radius 2 is 2.08 bits per heavy atom. The van der Waals surface area contributed by atoms with Crippen LogP contribution in [0.2, 0.25) is 0 Å². The SMILES string of the molecule is Cl.O=C(NCc1ccc(Oc2ccc(F)cc2)nc1)C1CCCN1. The van der Waals surface area contributed by atoms with Gasteiger partial charge in [-0.2, -0.15) is 0 Å². The van der Waals surface area contributed by atoms with Gasteiger partial charge in [0.05, 0.1) is 6.04 Å². The summed E-state index contributed by atoms with van der Waals surface area (Å²) in [6, 6.07) is 9.22. The van der Waals surface area contributed by atoms with Gasteiger partial charge in [-0.1, -0.05) is 6.07 Å². The predicted molar refractivity (Wildman–Crippen MR) is 90.8 cm³/mol. The molecule has 1 aliphatic rings. The summed E-state index contributed by atoms with van der Waals surface area (Å²) in [5.41, 5.74) is 0.891. The van der Waals surface area contributed by atoms with Gasteiger partial charge in [-0.05, 0) is 49.2 Å². The lowest BCUT2D eigenvalue weighted by molar-refractivity contribution is -0.122. The van der Waals surface area contributed by atoms with Crippen LogP contribution in [0.1, 0.15) is 18.4 Å². The molecule has 0 bridgehead atoms. The van der Waals surface area contributed by atoms with Crippen LogP contribution in [-0.4, -0.2) is 23.5 Å². The van der Waals surface area contributed by atoms with Gasteiger partial charge in [0.1, 0.15) is 11.6 Å². The first-order chi connectivity index (χ1) is 11.2. The van der Waals surface area contributed by atoms with E-state index < -0.39 is 0 Å². The van der Waals surface area contributed by atoms with E-state index in [9.17, 15) is 9.18 Å². The van der Waals surface area contributed by atoms with Gasteiger partial charge in [0, 0.05) is 18.8 Å². The average molecular weight is 352 g/mol. The van der Waals surface area contributed by atoms with Crippen molar-refractivity contribution in [3.63, 3.8) is 0 Å². The summed E-state index contributed by atoms with van der Waals surface area (Å²) in [5, 5.41) is 6.05. The fourth-order valence-electron chi connectivity index (χ4n) is 2.42. The van der Waals surface area contributed by atoms with E-state index in [1.54, 1.807) is 24.4 Å². The number of halogens is 2. The molecule has 1 aliphatic heterocycles. The molecule has 128 valence electrons. The van der Waals surface area contributed by atoms with Crippen molar-refractivity contribution in [1.29, 1.82) is 0 Å². The maximum absolute atomic E-state index is 12.8. The Bertz CT molecular complexity index is 659. The van der Waals surface area contributed by atoms with Gasteiger partial charge in [-0.15, -0.1) is 12.4 Å². The number of aromatic nitrogens is 1. The van der Waals surface area contributed by atoms with Crippen LogP contribution in [0.4, 0.5) is 4.39 Å². The van der Waals surface area contributed by atoms with Gasteiger partial charge < -0.3 is 15.4 Å². The van der Waals surface area contributed by atoms with Gasteiger partial charge in [-0.3, -0.25) is 4.79 Å². The summed E-state index contributed by atoms with van der Waals surface area (Å²) < 4.78 is 18.4. The minimum atomic E-state index is -0.312. The van der Waals surface area contributed by atoms with Crippen molar-refractivity contribution in [3.8, 4) is 11.6 Å². The zero-order chi connectivity index (χ0) is 16.1. The largest absolute Gasteiger partial charge is 0.439 e. The molecule has 1 atom stereocenters. The third kappa shape index (κ3) is 4.91. The quantitative estimate of drug-likeness (QED) is 0.869. The highest BCUT2D eigenvalue weighted by molar-refractivity contribution is 5.85. The number of amides is 1. The molecule has 0 spiro atoms. The first-order valence-corrected chi connectivity index (χ1v) is 7.60. The first-order valence-electron chi connectivity index (χ1n) is 7.60. The molecule has 1 unspecified atom stereocenters. The van der Waals surface area contributed by atoms with Crippen molar-refractivity contribution in [1.82, 2.24) is 15.6 Å². The number of nitrogens with zero attached hydrogens (tertiary/aromatic N) is 1. The molecule has 0 aliphatic carbocycles. The van der Waals surface area contributed by atoms with Crippen LogP contribution in [0.3, 0.4) is 0 Å². The number of hydrogen-bond acceptors (Lipinski definition) is 4. The van der Waals surface area contributed by atoms with Crippen molar-refractivity contribution in [3.05, 3.63) is 54.0 Å². The molecule has 1 aromatic carbocycles. The van der Waals surface area contributed by atoms with Gasteiger partial charge in [0.15, 0.2) is 0 Å². The van der Waals surface area contributed by atoms with Crippen molar-refractivity contribution in [2.75, 3.05) is 6.54 Å². The number of nitrogens with one attached hydrogen (secondary N) is 2. The first kappa shape index (κ1) is 18.2. The molecule has 7 heteroatoms. The summed E-state index contributed by atoms with van der Waals surface area (Å²) in [4.78, 5) is 16.1. The Hall–Kier alpha value is -2.18. The molecule has 2 heterocycles. The second kappa shape index (κ2) is 8.61. The van der Waals surface area contributed by atoms with Crippen LogP contribution >= 0.6 is 12.4 Å². The molecule has 1 aromatic heterocycles. The van der Waals surface area contributed by atoms with Crippen molar-refractivity contribution < 1.29 is 13.9 Å². The number of benzene rings is 1. The molecule has 2 N–H and O–H groups in total. The molecular formula is C17H19ClFN3O2. The highest BCUT2D eigenvalue weighted by Crippen LogP contribution is 2.19. The lowest BCUT2D eigenvalue weighted by Gasteiger charge is -2.11. The molecule has 1 fully saturated rings. The van der Waals surface area contributed by atoms with E-state index in [0.717, 1.165) is 24.9 Å². The van der Waals surface area contributed by atoms with Crippen LogP contribution in [0.25, 0.3) is 0 Å². The number of pyridine rings is 1. The van der Waals surface area contributed by atoms with Crippen LogP contribution in [0.5, 0.6) is 11.6 Å².